The van der Waals surface area contributed by atoms with Gasteiger partial charge in [0, 0.05) is 25.0 Å². The highest BCUT2D eigenvalue weighted by Crippen LogP contribution is 2.21. The average Bonchev–Trinajstić information content (AvgIpc) is 3.02. The Hall–Kier alpha value is -0.840. The molecule has 1 aliphatic heterocycles. The summed E-state index contributed by atoms with van der Waals surface area (Å²) < 4.78 is 0. The third kappa shape index (κ3) is 2.81. The number of urea groups is 1. The number of likely N-dealkylation sites (tertiary alicyclic amines) is 1. The van der Waals surface area contributed by atoms with E-state index in [1.54, 1.807) is 0 Å². The number of nitrogens with one attached hydrogen (secondary N) is 1. The summed E-state index contributed by atoms with van der Waals surface area (Å²) in [5.41, 5.74) is 5.62. The van der Waals surface area contributed by atoms with Crippen molar-refractivity contribution in [1.82, 2.24) is 10.2 Å². The molecule has 2 amide bonds. The van der Waals surface area contributed by atoms with Crippen molar-refractivity contribution in [1.29, 1.82) is 0 Å². The number of carbonyl (C=O) groups is 1. The first-order valence-corrected chi connectivity index (χ1v) is 5.92. The van der Waals surface area contributed by atoms with E-state index < -0.39 is 0 Å². The van der Waals surface area contributed by atoms with E-state index in [1.165, 1.54) is 0 Å². The fourth-order valence-electron chi connectivity index (χ4n) is 1.89. The molecule has 1 saturated carbocycles. The van der Waals surface area contributed by atoms with E-state index in [1.807, 2.05) is 4.90 Å². The molecule has 0 aromatic heterocycles. The van der Waals surface area contributed by atoms with E-state index in [2.05, 4.69) is 5.32 Å². The normalized spacial score (nSPS) is 26.1. The van der Waals surface area contributed by atoms with E-state index in [-0.39, 0.29) is 11.9 Å². The number of nitrogens with two attached hydrogens (primary N) is 1. The Balaban J connectivity index is 1.85. The van der Waals surface area contributed by atoms with E-state index in [4.69, 9.17) is 18.0 Å². The zero-order valence-corrected chi connectivity index (χ0v) is 9.55. The highest BCUT2D eigenvalue weighted by Gasteiger charge is 2.29. The highest BCUT2D eigenvalue weighted by molar-refractivity contribution is 7.80. The molecule has 5 heteroatoms. The molecule has 2 rings (SSSR count). The average molecular weight is 227 g/mol. The Morgan fingerprint density at radius 3 is 2.73 bits per heavy atom. The molecule has 1 heterocycles. The number of amides is 2. The molecule has 15 heavy (non-hydrogen) atoms. The standard InChI is InChI=1S/C10H17N3OS/c11-9(15)7-2-1-5-13(6-7)10(14)12-8-3-4-8/h7-8H,1-6H2,(H2,11,15)(H,12,14). The molecule has 3 N–H and O–H groups in total. The molecular formula is C10H17N3OS. The lowest BCUT2D eigenvalue weighted by Gasteiger charge is -2.32. The Labute approximate surface area is 95.2 Å². The maximum atomic E-state index is 11.7. The Morgan fingerprint density at radius 1 is 1.40 bits per heavy atom. The SMILES string of the molecule is NC(=S)C1CCCN(C(=O)NC2CC2)C1. The maximum absolute atomic E-state index is 11.7. The highest BCUT2D eigenvalue weighted by atomic mass is 32.1. The van der Waals surface area contributed by atoms with Crippen LogP contribution in [-0.4, -0.2) is 35.1 Å². The summed E-state index contributed by atoms with van der Waals surface area (Å²) in [4.78, 5) is 14.1. The summed E-state index contributed by atoms with van der Waals surface area (Å²) in [6.45, 7) is 1.52. The summed E-state index contributed by atoms with van der Waals surface area (Å²) in [5, 5.41) is 2.99. The zero-order chi connectivity index (χ0) is 10.8. The Morgan fingerprint density at radius 2 is 2.13 bits per heavy atom. The van der Waals surface area contributed by atoms with Gasteiger partial charge in [0.2, 0.25) is 0 Å². The van der Waals surface area contributed by atoms with Gasteiger partial charge in [0.25, 0.3) is 0 Å². The third-order valence-electron chi connectivity index (χ3n) is 3.02. The lowest BCUT2D eigenvalue weighted by Crippen LogP contribution is -2.48. The zero-order valence-electron chi connectivity index (χ0n) is 8.74. The van der Waals surface area contributed by atoms with Gasteiger partial charge in [-0.3, -0.25) is 0 Å². The largest absolute Gasteiger partial charge is 0.393 e. The van der Waals surface area contributed by atoms with Crippen molar-refractivity contribution >= 4 is 23.2 Å². The molecule has 4 nitrogen and oxygen atoms in total. The van der Waals surface area contributed by atoms with Crippen LogP contribution in [0.4, 0.5) is 4.79 Å². The van der Waals surface area contributed by atoms with Crippen LogP contribution in [0.5, 0.6) is 0 Å². The summed E-state index contributed by atoms with van der Waals surface area (Å²) in [6.07, 6.45) is 4.26. The van der Waals surface area contributed by atoms with Gasteiger partial charge in [-0.2, -0.15) is 0 Å². The van der Waals surface area contributed by atoms with Gasteiger partial charge in [0.15, 0.2) is 0 Å². The molecule has 0 radical (unpaired) electrons. The quantitative estimate of drug-likeness (QED) is 0.688. The van der Waals surface area contributed by atoms with Crippen LogP contribution in [0.15, 0.2) is 0 Å². The topological polar surface area (TPSA) is 58.4 Å². The number of carbonyl (C=O) groups excluding carboxylic acids is 1. The van der Waals surface area contributed by atoms with Crippen LogP contribution in [0.25, 0.3) is 0 Å². The molecular weight excluding hydrogens is 210 g/mol. The fraction of sp³-hybridized carbons (Fsp3) is 0.800. The minimum atomic E-state index is 0.0541. The van der Waals surface area contributed by atoms with Crippen molar-refractivity contribution < 1.29 is 4.79 Å². The lowest BCUT2D eigenvalue weighted by molar-refractivity contribution is 0.178. The minimum Gasteiger partial charge on any atom is -0.393 e. The van der Waals surface area contributed by atoms with Crippen molar-refractivity contribution in [2.75, 3.05) is 13.1 Å². The van der Waals surface area contributed by atoms with Crippen molar-refractivity contribution in [2.24, 2.45) is 11.7 Å². The number of piperidine rings is 1. The number of hydrogen-bond acceptors (Lipinski definition) is 2. The van der Waals surface area contributed by atoms with Gasteiger partial charge in [-0.05, 0) is 25.7 Å². The van der Waals surface area contributed by atoms with Crippen LogP contribution in [0.1, 0.15) is 25.7 Å². The van der Waals surface area contributed by atoms with Gasteiger partial charge < -0.3 is 16.0 Å². The fourth-order valence-corrected chi connectivity index (χ4v) is 2.08. The predicted octanol–water partition coefficient (Wildman–Crippen LogP) is 0.856. The van der Waals surface area contributed by atoms with Crippen LogP contribution >= 0.6 is 12.2 Å². The first-order valence-electron chi connectivity index (χ1n) is 5.51. The number of thiocarbonyl (C=S) groups is 1. The number of rotatable bonds is 2. The van der Waals surface area contributed by atoms with Crippen LogP contribution in [-0.2, 0) is 0 Å². The third-order valence-corrected chi connectivity index (χ3v) is 3.35. The summed E-state index contributed by atoms with van der Waals surface area (Å²) in [7, 11) is 0. The number of nitrogens with zero attached hydrogens (tertiary/aromatic N) is 1. The second-order valence-corrected chi connectivity index (χ2v) is 4.88. The van der Waals surface area contributed by atoms with Gasteiger partial charge in [0.1, 0.15) is 0 Å². The van der Waals surface area contributed by atoms with E-state index in [0.29, 0.717) is 17.6 Å². The molecule has 1 atom stereocenters. The van der Waals surface area contributed by atoms with Crippen LogP contribution in [0.3, 0.4) is 0 Å². The van der Waals surface area contributed by atoms with Gasteiger partial charge in [0.05, 0.1) is 4.99 Å². The molecule has 0 bridgehead atoms. The molecule has 2 aliphatic rings. The van der Waals surface area contributed by atoms with Crippen LogP contribution < -0.4 is 11.1 Å². The Kier molecular flexibility index (Phi) is 3.09. The monoisotopic (exact) mass is 227 g/mol. The predicted molar refractivity (Wildman–Crippen MR) is 62.6 cm³/mol. The first kappa shape index (κ1) is 10.7. The summed E-state index contributed by atoms with van der Waals surface area (Å²) in [6, 6.07) is 0.473. The van der Waals surface area contributed by atoms with Gasteiger partial charge in [-0.15, -0.1) is 0 Å². The molecule has 1 saturated heterocycles. The second kappa shape index (κ2) is 4.35. The molecule has 0 spiro atoms. The van der Waals surface area contributed by atoms with Gasteiger partial charge >= 0.3 is 6.03 Å². The van der Waals surface area contributed by atoms with Crippen molar-refractivity contribution in [3.63, 3.8) is 0 Å². The smallest absolute Gasteiger partial charge is 0.317 e. The Bertz CT molecular complexity index is 278. The van der Waals surface area contributed by atoms with E-state index >= 15 is 0 Å². The van der Waals surface area contributed by atoms with Crippen LogP contribution in [0.2, 0.25) is 0 Å². The molecule has 84 valence electrons. The van der Waals surface area contributed by atoms with E-state index in [9.17, 15) is 4.79 Å². The number of hydrogen-bond donors (Lipinski definition) is 2. The summed E-state index contributed by atoms with van der Waals surface area (Å²) >= 11 is 4.97. The van der Waals surface area contributed by atoms with Crippen molar-refractivity contribution in [3.05, 3.63) is 0 Å². The lowest BCUT2D eigenvalue weighted by atomic mass is 9.98. The molecule has 2 fully saturated rings. The van der Waals surface area contributed by atoms with Crippen molar-refractivity contribution in [2.45, 2.75) is 31.7 Å². The second-order valence-electron chi connectivity index (χ2n) is 4.41. The maximum Gasteiger partial charge on any atom is 0.317 e. The first-order chi connectivity index (χ1) is 7.16. The van der Waals surface area contributed by atoms with Gasteiger partial charge in [-0.1, -0.05) is 12.2 Å². The van der Waals surface area contributed by atoms with Crippen LogP contribution in [0, 0.1) is 5.92 Å². The van der Waals surface area contributed by atoms with E-state index in [0.717, 1.165) is 32.2 Å². The summed E-state index contributed by atoms with van der Waals surface area (Å²) in [5.74, 6) is 0.207. The minimum absolute atomic E-state index is 0.0541. The molecule has 1 aliphatic carbocycles. The molecule has 1 unspecified atom stereocenters. The molecule has 0 aromatic carbocycles. The van der Waals surface area contributed by atoms with Crippen molar-refractivity contribution in [3.8, 4) is 0 Å². The molecule has 0 aromatic rings. The van der Waals surface area contributed by atoms with Gasteiger partial charge in [-0.25, -0.2) is 4.79 Å².